The summed E-state index contributed by atoms with van der Waals surface area (Å²) in [6.07, 6.45) is 2.16. The van der Waals surface area contributed by atoms with Crippen LogP contribution < -0.4 is 10.6 Å². The lowest BCUT2D eigenvalue weighted by atomic mass is 10.0. The predicted octanol–water partition coefficient (Wildman–Crippen LogP) is 4.29. The first-order valence-corrected chi connectivity index (χ1v) is 9.99. The summed E-state index contributed by atoms with van der Waals surface area (Å²) in [6.45, 7) is 8.62. The molecule has 4 rings (SSSR count). The molecule has 5 heteroatoms. The first kappa shape index (κ1) is 20.1. The molecule has 0 aliphatic carbocycles. The molecule has 3 N–H and O–H groups in total. The first-order chi connectivity index (χ1) is 13.6. The van der Waals surface area contributed by atoms with Crippen LogP contribution in [0.2, 0.25) is 0 Å². The van der Waals surface area contributed by atoms with Crippen molar-refractivity contribution in [2.75, 3.05) is 25.0 Å². The van der Waals surface area contributed by atoms with Crippen LogP contribution >= 0.6 is 0 Å². The minimum absolute atomic E-state index is 0.219. The van der Waals surface area contributed by atoms with Gasteiger partial charge in [-0.25, -0.2) is 9.97 Å². The lowest BCUT2D eigenvalue weighted by molar-refractivity contribution is 0.477. The maximum atomic E-state index is 10.3. The van der Waals surface area contributed by atoms with Crippen LogP contribution in [0.5, 0.6) is 5.75 Å². The summed E-state index contributed by atoms with van der Waals surface area (Å²) in [5.74, 6) is 2.48. The van der Waals surface area contributed by atoms with Gasteiger partial charge in [0.25, 0.3) is 0 Å². The van der Waals surface area contributed by atoms with Gasteiger partial charge in [0.05, 0.1) is 11.1 Å². The van der Waals surface area contributed by atoms with E-state index in [0.717, 1.165) is 36.2 Å². The Bertz CT molecular complexity index is 970. The van der Waals surface area contributed by atoms with Gasteiger partial charge in [0.2, 0.25) is 0 Å². The lowest BCUT2D eigenvalue weighted by Gasteiger charge is -2.21. The number of hydrogen-bond acceptors (Lipinski definition) is 5. The Labute approximate surface area is 167 Å². The molecule has 0 spiro atoms. The number of hydrogen-bond donors (Lipinski definition) is 2. The number of rotatable bonds is 3. The van der Waals surface area contributed by atoms with E-state index < -0.39 is 0 Å². The van der Waals surface area contributed by atoms with Crippen LogP contribution in [-0.2, 0) is 6.42 Å². The van der Waals surface area contributed by atoms with Crippen molar-refractivity contribution in [1.82, 2.24) is 9.97 Å². The van der Waals surface area contributed by atoms with Crippen molar-refractivity contribution in [3.63, 3.8) is 0 Å². The second kappa shape index (κ2) is 8.57. The molecular weight excluding hydrogens is 348 g/mol. The number of para-hydroxylation sites is 1. The molecule has 5 nitrogen and oxygen atoms in total. The molecule has 0 saturated carbocycles. The van der Waals surface area contributed by atoms with Crippen LogP contribution in [0.15, 0.2) is 36.4 Å². The first-order valence-electron chi connectivity index (χ1n) is 9.99. The molecule has 148 valence electrons. The molecule has 1 aliphatic rings. The molecule has 1 atom stereocenters. The van der Waals surface area contributed by atoms with E-state index in [2.05, 4.69) is 43.5 Å². The van der Waals surface area contributed by atoms with E-state index in [1.54, 1.807) is 6.07 Å². The Hall–Kier alpha value is -2.66. The van der Waals surface area contributed by atoms with Gasteiger partial charge < -0.3 is 15.7 Å². The monoisotopic (exact) mass is 378 g/mol. The fraction of sp³-hybridized carbons (Fsp3) is 0.391. The Kier molecular flexibility index (Phi) is 6.15. The van der Waals surface area contributed by atoms with Crippen molar-refractivity contribution in [1.29, 1.82) is 0 Å². The smallest absolute Gasteiger partial charge is 0.165 e. The summed E-state index contributed by atoms with van der Waals surface area (Å²) in [6, 6.07) is 11.7. The van der Waals surface area contributed by atoms with Gasteiger partial charge in [-0.05, 0) is 62.1 Å². The van der Waals surface area contributed by atoms with Gasteiger partial charge >= 0.3 is 0 Å². The third-order valence-electron chi connectivity index (χ3n) is 5.46. The summed E-state index contributed by atoms with van der Waals surface area (Å²) in [5, 5.41) is 11.4. The zero-order chi connectivity index (χ0) is 20.3. The quantitative estimate of drug-likeness (QED) is 0.711. The molecule has 3 aromatic rings. The molecule has 0 amide bonds. The summed E-state index contributed by atoms with van der Waals surface area (Å²) in [4.78, 5) is 12.1. The summed E-state index contributed by atoms with van der Waals surface area (Å²) in [5.41, 5.74) is 8.69. The molecule has 28 heavy (non-hydrogen) atoms. The van der Waals surface area contributed by atoms with Crippen LogP contribution in [0, 0.1) is 12.8 Å². The van der Waals surface area contributed by atoms with E-state index in [0.29, 0.717) is 17.3 Å². The number of aromatic hydroxyl groups is 1. The van der Waals surface area contributed by atoms with Crippen molar-refractivity contribution in [2.24, 2.45) is 11.7 Å². The van der Waals surface area contributed by atoms with Gasteiger partial charge in [-0.15, -0.1) is 0 Å². The van der Waals surface area contributed by atoms with E-state index in [1.165, 1.54) is 24.6 Å². The Balaban J connectivity index is 0.00000109. The van der Waals surface area contributed by atoms with Crippen molar-refractivity contribution in [2.45, 2.75) is 33.6 Å². The summed E-state index contributed by atoms with van der Waals surface area (Å²) >= 11 is 0. The van der Waals surface area contributed by atoms with Crippen LogP contribution in [0.1, 0.15) is 31.4 Å². The number of phenolic OH excluding ortho intramolecular Hbond substituents is 1. The Morgan fingerprint density at radius 2 is 1.89 bits per heavy atom. The molecule has 1 fully saturated rings. The number of anilines is 1. The predicted molar refractivity (Wildman–Crippen MR) is 117 cm³/mol. The van der Waals surface area contributed by atoms with E-state index in [4.69, 9.17) is 9.97 Å². The second-order valence-electron chi connectivity index (χ2n) is 7.33. The van der Waals surface area contributed by atoms with Crippen LogP contribution in [0.4, 0.5) is 5.82 Å². The second-order valence-corrected chi connectivity index (χ2v) is 7.33. The van der Waals surface area contributed by atoms with Crippen molar-refractivity contribution in [3.05, 3.63) is 47.5 Å². The number of aryl methyl sites for hydroxylation is 2. The zero-order valence-electron chi connectivity index (χ0n) is 17.2. The van der Waals surface area contributed by atoms with Gasteiger partial charge in [-0.1, -0.05) is 32.0 Å². The molecule has 2 heterocycles. The number of benzene rings is 2. The molecule has 0 radical (unpaired) electrons. The Morgan fingerprint density at radius 3 is 2.54 bits per heavy atom. The van der Waals surface area contributed by atoms with Crippen LogP contribution in [0.3, 0.4) is 0 Å². The van der Waals surface area contributed by atoms with E-state index in [-0.39, 0.29) is 5.75 Å². The number of nitrogens with two attached hydrogens (primary N) is 1. The third-order valence-corrected chi connectivity index (χ3v) is 5.46. The third kappa shape index (κ3) is 3.67. The fourth-order valence-corrected chi connectivity index (χ4v) is 3.89. The molecular formula is C23H30N4O. The van der Waals surface area contributed by atoms with Crippen molar-refractivity contribution < 1.29 is 5.11 Å². The van der Waals surface area contributed by atoms with E-state index >= 15 is 0 Å². The van der Waals surface area contributed by atoms with Crippen LogP contribution in [-0.4, -0.2) is 35.2 Å². The van der Waals surface area contributed by atoms with Crippen LogP contribution in [0.25, 0.3) is 22.3 Å². The van der Waals surface area contributed by atoms with Gasteiger partial charge in [-0.3, -0.25) is 0 Å². The minimum Gasteiger partial charge on any atom is -0.507 e. The van der Waals surface area contributed by atoms with Crippen molar-refractivity contribution in [3.8, 4) is 17.1 Å². The standard InChI is InChI=1S/C22H25N3O.CH5N/c1-4-16-9-10-18-20(15(16)3)23-21(17-7-5-6-8-19(17)26)24-22(18)25-12-11-14(2)13-25;1-2/h5-10,14,26H,4,11-13H2,1-3H3;2H2,1H3. The maximum absolute atomic E-state index is 10.3. The van der Waals surface area contributed by atoms with Gasteiger partial charge in [0.15, 0.2) is 5.82 Å². The van der Waals surface area contributed by atoms with Gasteiger partial charge in [-0.2, -0.15) is 0 Å². The molecule has 1 unspecified atom stereocenters. The van der Waals surface area contributed by atoms with Gasteiger partial charge in [0.1, 0.15) is 11.6 Å². The maximum Gasteiger partial charge on any atom is 0.165 e. The fourth-order valence-electron chi connectivity index (χ4n) is 3.89. The number of aromatic nitrogens is 2. The molecule has 1 saturated heterocycles. The highest BCUT2D eigenvalue weighted by Gasteiger charge is 2.24. The highest BCUT2D eigenvalue weighted by molar-refractivity contribution is 5.94. The number of nitrogens with zero attached hydrogens (tertiary/aromatic N) is 3. The summed E-state index contributed by atoms with van der Waals surface area (Å²) in [7, 11) is 1.50. The SMILES string of the molecule is CCc1ccc2c(N3CCC(C)C3)nc(-c3ccccc3O)nc2c1C.CN. The highest BCUT2D eigenvalue weighted by Crippen LogP contribution is 2.35. The van der Waals surface area contributed by atoms with Crippen molar-refractivity contribution >= 4 is 16.7 Å². The average Bonchev–Trinajstić information content (AvgIpc) is 3.16. The van der Waals surface area contributed by atoms with E-state index in [9.17, 15) is 5.11 Å². The van der Waals surface area contributed by atoms with Gasteiger partial charge in [0, 0.05) is 18.5 Å². The lowest BCUT2D eigenvalue weighted by Crippen LogP contribution is -2.21. The normalized spacial score (nSPS) is 16.2. The van der Waals surface area contributed by atoms with E-state index in [1.807, 2.05) is 18.2 Å². The largest absolute Gasteiger partial charge is 0.507 e. The zero-order valence-corrected chi connectivity index (χ0v) is 17.2. The summed E-state index contributed by atoms with van der Waals surface area (Å²) < 4.78 is 0. The topological polar surface area (TPSA) is 75.3 Å². The average molecular weight is 379 g/mol. The molecule has 0 bridgehead atoms. The highest BCUT2D eigenvalue weighted by atomic mass is 16.3. The Morgan fingerprint density at radius 1 is 1.14 bits per heavy atom. The minimum atomic E-state index is 0.219. The number of phenols is 1. The molecule has 1 aliphatic heterocycles. The molecule has 2 aromatic carbocycles. The number of fused-ring (bicyclic) bond motifs is 1. The molecule has 1 aromatic heterocycles.